The summed E-state index contributed by atoms with van der Waals surface area (Å²) in [5.41, 5.74) is 8.74. The summed E-state index contributed by atoms with van der Waals surface area (Å²) in [5.74, 6) is 0. The summed E-state index contributed by atoms with van der Waals surface area (Å²) in [4.78, 5) is 9.67. The molecule has 1 saturated heterocycles. The monoisotopic (exact) mass is 254 g/mol. The Hall–Kier alpha value is -2.21. The third-order valence-electron chi connectivity index (χ3n) is 3.72. The Labute approximate surface area is 109 Å². The van der Waals surface area contributed by atoms with Crippen LogP contribution in [0.5, 0.6) is 0 Å². The molecule has 6 heteroatoms. The quantitative estimate of drug-likeness (QED) is 0.678. The minimum absolute atomic E-state index is 0.242. The van der Waals surface area contributed by atoms with Gasteiger partial charge >= 0.3 is 0 Å². The number of nitrogens with two attached hydrogens (primary N) is 1. The lowest BCUT2D eigenvalue weighted by molar-refractivity contribution is 0.752. The molecule has 0 aromatic carbocycles. The SMILES string of the molecule is NC1CCN(c2cncc3nnc4[nH]ccc4c23)C1. The average Bonchev–Trinajstić information content (AvgIpc) is 3.06. The van der Waals surface area contributed by atoms with E-state index in [4.69, 9.17) is 5.73 Å². The maximum absolute atomic E-state index is 6.00. The number of rotatable bonds is 1. The van der Waals surface area contributed by atoms with Gasteiger partial charge in [0.2, 0.25) is 0 Å². The van der Waals surface area contributed by atoms with Crippen LogP contribution in [-0.4, -0.2) is 39.3 Å². The molecule has 0 spiro atoms. The minimum Gasteiger partial charge on any atom is -0.368 e. The summed E-state index contributed by atoms with van der Waals surface area (Å²) in [6.07, 6.45) is 6.56. The van der Waals surface area contributed by atoms with Crippen molar-refractivity contribution in [2.45, 2.75) is 12.5 Å². The van der Waals surface area contributed by atoms with Crippen LogP contribution in [0.15, 0.2) is 24.7 Å². The highest BCUT2D eigenvalue weighted by Crippen LogP contribution is 2.31. The number of nitrogens with zero attached hydrogens (tertiary/aromatic N) is 4. The van der Waals surface area contributed by atoms with Crippen LogP contribution in [0.3, 0.4) is 0 Å². The van der Waals surface area contributed by atoms with Crippen LogP contribution in [-0.2, 0) is 0 Å². The molecule has 4 heterocycles. The van der Waals surface area contributed by atoms with Crippen molar-refractivity contribution in [1.82, 2.24) is 20.2 Å². The van der Waals surface area contributed by atoms with Crippen LogP contribution < -0.4 is 10.6 Å². The van der Waals surface area contributed by atoms with Gasteiger partial charge in [0.05, 0.1) is 18.1 Å². The molecule has 1 aliphatic heterocycles. The van der Waals surface area contributed by atoms with Gasteiger partial charge in [0.1, 0.15) is 5.52 Å². The van der Waals surface area contributed by atoms with Crippen LogP contribution in [0.1, 0.15) is 6.42 Å². The van der Waals surface area contributed by atoms with E-state index in [2.05, 4.69) is 25.1 Å². The van der Waals surface area contributed by atoms with Gasteiger partial charge in [-0.05, 0) is 12.5 Å². The summed E-state index contributed by atoms with van der Waals surface area (Å²) < 4.78 is 0. The molecule has 0 aliphatic carbocycles. The van der Waals surface area contributed by atoms with E-state index < -0.39 is 0 Å². The van der Waals surface area contributed by atoms with E-state index in [-0.39, 0.29) is 6.04 Å². The molecule has 0 bridgehead atoms. The maximum Gasteiger partial charge on any atom is 0.160 e. The molecule has 1 atom stereocenters. The first kappa shape index (κ1) is 10.7. The lowest BCUT2D eigenvalue weighted by Crippen LogP contribution is -2.26. The molecule has 6 nitrogen and oxygen atoms in total. The van der Waals surface area contributed by atoms with Crippen LogP contribution in [0, 0.1) is 0 Å². The zero-order valence-corrected chi connectivity index (χ0v) is 10.4. The average molecular weight is 254 g/mol. The fraction of sp³-hybridized carbons (Fsp3) is 0.308. The van der Waals surface area contributed by atoms with Gasteiger partial charge in [0.15, 0.2) is 5.65 Å². The van der Waals surface area contributed by atoms with E-state index in [9.17, 15) is 0 Å². The minimum atomic E-state index is 0.242. The second kappa shape index (κ2) is 3.89. The first-order chi connectivity index (χ1) is 9.33. The summed E-state index contributed by atoms with van der Waals surface area (Å²) in [6, 6.07) is 2.28. The normalized spacial score (nSPS) is 19.6. The molecule has 3 N–H and O–H groups in total. The Balaban J connectivity index is 2.01. The molecule has 1 unspecified atom stereocenters. The molecule has 1 fully saturated rings. The highest BCUT2D eigenvalue weighted by molar-refractivity contribution is 6.09. The van der Waals surface area contributed by atoms with Crippen LogP contribution >= 0.6 is 0 Å². The van der Waals surface area contributed by atoms with Crippen molar-refractivity contribution >= 4 is 27.6 Å². The Morgan fingerprint density at radius 1 is 1.32 bits per heavy atom. The second-order valence-corrected chi connectivity index (χ2v) is 4.99. The fourth-order valence-corrected chi connectivity index (χ4v) is 2.79. The number of aromatic nitrogens is 4. The highest BCUT2D eigenvalue weighted by Gasteiger charge is 2.22. The second-order valence-electron chi connectivity index (χ2n) is 4.99. The van der Waals surface area contributed by atoms with Gasteiger partial charge in [-0.25, -0.2) is 0 Å². The first-order valence-corrected chi connectivity index (χ1v) is 6.41. The lowest BCUT2D eigenvalue weighted by Gasteiger charge is -2.19. The van der Waals surface area contributed by atoms with Gasteiger partial charge in [-0.3, -0.25) is 4.98 Å². The van der Waals surface area contributed by atoms with Gasteiger partial charge in [-0.2, -0.15) is 0 Å². The van der Waals surface area contributed by atoms with E-state index >= 15 is 0 Å². The number of aromatic amines is 1. The van der Waals surface area contributed by atoms with Crippen molar-refractivity contribution in [3.8, 4) is 0 Å². The van der Waals surface area contributed by atoms with Crippen molar-refractivity contribution in [2.24, 2.45) is 5.73 Å². The maximum atomic E-state index is 6.00. The molecule has 1 aliphatic rings. The standard InChI is InChI=1S/C13H14N6/c14-8-2-4-19(7-8)11-6-15-5-10-12(11)9-1-3-16-13(9)18-17-10/h1,3,5-6,8H,2,4,7,14H2,(H,16,18). The Morgan fingerprint density at radius 3 is 3.11 bits per heavy atom. The summed E-state index contributed by atoms with van der Waals surface area (Å²) in [7, 11) is 0. The molecular formula is C13H14N6. The molecule has 96 valence electrons. The van der Waals surface area contributed by atoms with E-state index in [1.54, 1.807) is 6.20 Å². The van der Waals surface area contributed by atoms with Crippen molar-refractivity contribution in [3.05, 3.63) is 24.7 Å². The van der Waals surface area contributed by atoms with Gasteiger partial charge < -0.3 is 15.6 Å². The van der Waals surface area contributed by atoms with Crippen molar-refractivity contribution in [3.63, 3.8) is 0 Å². The number of fused-ring (bicyclic) bond motifs is 3. The van der Waals surface area contributed by atoms with Gasteiger partial charge in [0.25, 0.3) is 0 Å². The smallest absolute Gasteiger partial charge is 0.160 e. The van der Waals surface area contributed by atoms with Crippen LogP contribution in [0.4, 0.5) is 5.69 Å². The molecule has 19 heavy (non-hydrogen) atoms. The van der Waals surface area contributed by atoms with E-state index in [1.165, 1.54) is 0 Å². The molecule has 0 radical (unpaired) electrons. The molecule has 4 rings (SSSR count). The third kappa shape index (κ3) is 1.57. The summed E-state index contributed by atoms with van der Waals surface area (Å²) in [5, 5.41) is 10.6. The largest absolute Gasteiger partial charge is 0.368 e. The predicted octanol–water partition coefficient (Wildman–Crippen LogP) is 1.04. The topological polar surface area (TPSA) is 83.7 Å². The molecule has 0 amide bonds. The predicted molar refractivity (Wildman–Crippen MR) is 74.0 cm³/mol. The van der Waals surface area contributed by atoms with Crippen LogP contribution in [0.2, 0.25) is 0 Å². The zero-order chi connectivity index (χ0) is 12.8. The summed E-state index contributed by atoms with van der Waals surface area (Å²) >= 11 is 0. The Kier molecular flexibility index (Phi) is 2.19. The van der Waals surface area contributed by atoms with Crippen LogP contribution in [0.25, 0.3) is 21.9 Å². The van der Waals surface area contributed by atoms with E-state index in [0.717, 1.165) is 47.1 Å². The molecular weight excluding hydrogens is 240 g/mol. The number of anilines is 1. The lowest BCUT2D eigenvalue weighted by atomic mass is 10.1. The van der Waals surface area contributed by atoms with Crippen molar-refractivity contribution in [1.29, 1.82) is 0 Å². The highest BCUT2D eigenvalue weighted by atomic mass is 15.2. The number of pyridine rings is 1. The number of nitrogens with one attached hydrogen (secondary N) is 1. The van der Waals surface area contributed by atoms with Gasteiger partial charge in [-0.15, -0.1) is 10.2 Å². The van der Waals surface area contributed by atoms with Crippen molar-refractivity contribution in [2.75, 3.05) is 18.0 Å². The molecule has 3 aromatic rings. The molecule has 3 aromatic heterocycles. The van der Waals surface area contributed by atoms with Crippen molar-refractivity contribution < 1.29 is 0 Å². The summed E-state index contributed by atoms with van der Waals surface area (Å²) in [6.45, 7) is 1.84. The van der Waals surface area contributed by atoms with Gasteiger partial charge in [0, 0.05) is 36.1 Å². The van der Waals surface area contributed by atoms with Gasteiger partial charge in [-0.1, -0.05) is 0 Å². The zero-order valence-electron chi connectivity index (χ0n) is 10.4. The first-order valence-electron chi connectivity index (χ1n) is 6.41. The Morgan fingerprint density at radius 2 is 2.26 bits per heavy atom. The van der Waals surface area contributed by atoms with E-state index in [0.29, 0.717) is 0 Å². The number of H-pyrrole nitrogens is 1. The van der Waals surface area contributed by atoms with E-state index in [1.807, 2.05) is 18.5 Å². The Bertz CT molecular complexity index is 749. The number of hydrogen-bond acceptors (Lipinski definition) is 5. The fourth-order valence-electron chi connectivity index (χ4n) is 2.79. The molecule has 0 saturated carbocycles. The third-order valence-corrected chi connectivity index (χ3v) is 3.72. The number of hydrogen-bond donors (Lipinski definition) is 2.